The van der Waals surface area contributed by atoms with Gasteiger partial charge < -0.3 is 15.1 Å². The van der Waals surface area contributed by atoms with Crippen LogP contribution in [0.15, 0.2) is 24.3 Å². The van der Waals surface area contributed by atoms with E-state index in [-0.39, 0.29) is 17.2 Å². The van der Waals surface area contributed by atoms with Crippen LogP contribution in [0.1, 0.15) is 76.3 Å². The molecule has 0 unspecified atom stereocenters. The molecule has 4 rings (SSSR count). The van der Waals surface area contributed by atoms with Gasteiger partial charge >= 0.3 is 0 Å². The van der Waals surface area contributed by atoms with Crippen molar-refractivity contribution in [1.82, 2.24) is 4.90 Å². The zero-order valence-electron chi connectivity index (χ0n) is 16.9. The summed E-state index contributed by atoms with van der Waals surface area (Å²) in [4.78, 5) is 14.5. The fourth-order valence-electron chi connectivity index (χ4n) is 5.34. The Balaban J connectivity index is 1.34. The van der Waals surface area contributed by atoms with Crippen molar-refractivity contribution in [2.45, 2.75) is 76.4 Å². The van der Waals surface area contributed by atoms with E-state index in [1.165, 1.54) is 5.56 Å². The zero-order chi connectivity index (χ0) is 19.4. The van der Waals surface area contributed by atoms with Crippen LogP contribution in [-0.4, -0.2) is 39.7 Å². The predicted molar refractivity (Wildman–Crippen MR) is 105 cm³/mol. The number of hydrogen-bond donors (Lipinski definition) is 2. The molecule has 1 aromatic carbocycles. The van der Waals surface area contributed by atoms with Gasteiger partial charge in [-0.15, -0.1) is 0 Å². The van der Waals surface area contributed by atoms with Gasteiger partial charge in [-0.05, 0) is 62.5 Å². The predicted octanol–water partition coefficient (Wildman–Crippen LogP) is 3.56. The quantitative estimate of drug-likeness (QED) is 0.854. The van der Waals surface area contributed by atoms with Crippen LogP contribution in [0.5, 0.6) is 0 Å². The molecule has 0 aromatic heterocycles. The molecule has 1 aromatic rings. The molecular weight excluding hydrogens is 338 g/mol. The van der Waals surface area contributed by atoms with Crippen LogP contribution >= 0.6 is 0 Å². The van der Waals surface area contributed by atoms with Crippen molar-refractivity contribution in [3.63, 3.8) is 0 Å². The van der Waals surface area contributed by atoms with Gasteiger partial charge in [0.15, 0.2) is 0 Å². The van der Waals surface area contributed by atoms with Gasteiger partial charge in [-0.2, -0.15) is 0 Å². The monoisotopic (exact) mass is 371 g/mol. The Hall–Kier alpha value is -1.39. The van der Waals surface area contributed by atoms with Crippen molar-refractivity contribution in [3.05, 3.63) is 35.4 Å². The van der Waals surface area contributed by atoms with Gasteiger partial charge in [0.25, 0.3) is 0 Å². The molecule has 1 aliphatic heterocycles. The van der Waals surface area contributed by atoms with E-state index < -0.39 is 11.2 Å². The largest absolute Gasteiger partial charge is 0.390 e. The lowest BCUT2D eigenvalue weighted by Gasteiger charge is -2.56. The smallest absolute Gasteiger partial charge is 0.225 e. The number of likely N-dealkylation sites (tertiary alicyclic amines) is 1. The molecule has 1 spiro atoms. The van der Waals surface area contributed by atoms with Crippen LogP contribution in [0.4, 0.5) is 0 Å². The summed E-state index contributed by atoms with van der Waals surface area (Å²) in [6.07, 6.45) is 4.69. The summed E-state index contributed by atoms with van der Waals surface area (Å²) >= 11 is 0. The summed E-state index contributed by atoms with van der Waals surface area (Å²) in [5.74, 6) is 0.691. The van der Waals surface area contributed by atoms with E-state index in [0.29, 0.717) is 18.8 Å². The van der Waals surface area contributed by atoms with Gasteiger partial charge in [0.05, 0.1) is 11.2 Å². The van der Waals surface area contributed by atoms with E-state index in [1.807, 2.05) is 11.8 Å². The molecule has 3 aliphatic rings. The number of hydrogen-bond acceptors (Lipinski definition) is 3. The van der Waals surface area contributed by atoms with Gasteiger partial charge in [-0.3, -0.25) is 4.79 Å². The van der Waals surface area contributed by atoms with Gasteiger partial charge in [-0.1, -0.05) is 38.1 Å². The Kier molecular flexibility index (Phi) is 4.43. The number of aliphatic hydroxyl groups is 2. The second-order valence-electron chi connectivity index (χ2n) is 10.1. The highest BCUT2D eigenvalue weighted by atomic mass is 16.3. The lowest BCUT2D eigenvalue weighted by atomic mass is 9.62. The first-order chi connectivity index (χ1) is 12.6. The highest BCUT2D eigenvalue weighted by Crippen LogP contribution is 2.51. The molecule has 0 bridgehead atoms. The summed E-state index contributed by atoms with van der Waals surface area (Å²) in [7, 11) is 0. The van der Waals surface area contributed by atoms with E-state index in [0.717, 1.165) is 44.3 Å². The Morgan fingerprint density at radius 1 is 1.11 bits per heavy atom. The SMILES string of the molecule is CC(C)c1cccc(C2(O)CCC3(CC2)CN(C(=O)C2CC(C)(O)C2)C3)c1. The first-order valence-corrected chi connectivity index (χ1v) is 10.5. The van der Waals surface area contributed by atoms with Crippen molar-refractivity contribution in [2.24, 2.45) is 11.3 Å². The van der Waals surface area contributed by atoms with Gasteiger partial charge in [0.1, 0.15) is 0 Å². The number of rotatable bonds is 3. The summed E-state index contributed by atoms with van der Waals surface area (Å²) in [5, 5.41) is 21.1. The molecule has 2 aliphatic carbocycles. The summed E-state index contributed by atoms with van der Waals surface area (Å²) < 4.78 is 0. The lowest BCUT2D eigenvalue weighted by molar-refractivity contribution is -0.167. The Bertz CT molecular complexity index is 715. The van der Waals surface area contributed by atoms with Crippen LogP contribution in [0.3, 0.4) is 0 Å². The number of nitrogens with zero attached hydrogens (tertiary/aromatic N) is 1. The lowest BCUT2D eigenvalue weighted by Crippen LogP contribution is -2.63. The average molecular weight is 372 g/mol. The number of carbonyl (C=O) groups is 1. The van der Waals surface area contributed by atoms with Crippen LogP contribution in [0, 0.1) is 11.3 Å². The van der Waals surface area contributed by atoms with E-state index in [2.05, 4.69) is 38.1 Å². The second-order valence-corrected chi connectivity index (χ2v) is 10.1. The first kappa shape index (κ1) is 18.9. The van der Waals surface area contributed by atoms with Crippen LogP contribution in [-0.2, 0) is 10.4 Å². The van der Waals surface area contributed by atoms with Crippen molar-refractivity contribution < 1.29 is 15.0 Å². The molecule has 3 fully saturated rings. The maximum atomic E-state index is 12.5. The standard InChI is InChI=1S/C23H33NO3/c1-16(2)17-5-4-6-19(11-17)23(27)9-7-22(8-10-23)14-24(15-22)20(25)18-12-21(3,26)13-18/h4-6,11,16,18,26-27H,7-10,12-15H2,1-3H3. The topological polar surface area (TPSA) is 60.8 Å². The minimum atomic E-state index is -0.729. The molecular formula is C23H33NO3. The number of amides is 1. The molecule has 1 saturated heterocycles. The molecule has 27 heavy (non-hydrogen) atoms. The molecule has 1 heterocycles. The fourth-order valence-corrected chi connectivity index (χ4v) is 5.34. The Morgan fingerprint density at radius 2 is 1.74 bits per heavy atom. The molecule has 0 atom stereocenters. The van der Waals surface area contributed by atoms with E-state index >= 15 is 0 Å². The van der Waals surface area contributed by atoms with Gasteiger partial charge in [0, 0.05) is 24.4 Å². The normalized spacial score (nSPS) is 31.5. The maximum absolute atomic E-state index is 12.5. The summed E-state index contributed by atoms with van der Waals surface area (Å²) in [5.41, 5.74) is 1.15. The molecule has 2 saturated carbocycles. The Morgan fingerprint density at radius 3 is 2.30 bits per heavy atom. The second kappa shape index (κ2) is 6.31. The highest BCUT2D eigenvalue weighted by molar-refractivity contribution is 5.81. The van der Waals surface area contributed by atoms with Gasteiger partial charge in [-0.25, -0.2) is 0 Å². The van der Waals surface area contributed by atoms with Crippen molar-refractivity contribution in [2.75, 3.05) is 13.1 Å². The highest BCUT2D eigenvalue weighted by Gasteiger charge is 2.53. The molecule has 148 valence electrons. The van der Waals surface area contributed by atoms with E-state index in [4.69, 9.17) is 0 Å². The van der Waals surface area contributed by atoms with E-state index in [1.54, 1.807) is 0 Å². The summed E-state index contributed by atoms with van der Waals surface area (Å²) in [6.45, 7) is 7.82. The van der Waals surface area contributed by atoms with Crippen molar-refractivity contribution in [1.29, 1.82) is 0 Å². The van der Waals surface area contributed by atoms with Crippen molar-refractivity contribution >= 4 is 5.91 Å². The minimum absolute atomic E-state index is 0.0108. The minimum Gasteiger partial charge on any atom is -0.390 e. The zero-order valence-corrected chi connectivity index (χ0v) is 16.9. The first-order valence-electron chi connectivity index (χ1n) is 10.5. The number of benzene rings is 1. The maximum Gasteiger partial charge on any atom is 0.225 e. The van der Waals surface area contributed by atoms with Crippen molar-refractivity contribution in [3.8, 4) is 0 Å². The van der Waals surface area contributed by atoms with Crippen LogP contribution in [0.2, 0.25) is 0 Å². The van der Waals surface area contributed by atoms with Crippen LogP contribution in [0.25, 0.3) is 0 Å². The van der Waals surface area contributed by atoms with Crippen LogP contribution < -0.4 is 0 Å². The molecule has 2 N–H and O–H groups in total. The third-order valence-electron chi connectivity index (χ3n) is 7.31. The molecule has 0 radical (unpaired) electrons. The third-order valence-corrected chi connectivity index (χ3v) is 7.31. The average Bonchev–Trinajstić information content (AvgIpc) is 2.58. The molecule has 4 heteroatoms. The molecule has 1 amide bonds. The third kappa shape index (κ3) is 3.42. The summed E-state index contributed by atoms with van der Waals surface area (Å²) in [6, 6.07) is 8.42. The Labute approximate surface area is 162 Å². The molecule has 4 nitrogen and oxygen atoms in total. The van der Waals surface area contributed by atoms with E-state index in [9.17, 15) is 15.0 Å². The fraction of sp³-hybridized carbons (Fsp3) is 0.696. The number of carbonyl (C=O) groups excluding carboxylic acids is 1. The van der Waals surface area contributed by atoms with Gasteiger partial charge in [0.2, 0.25) is 5.91 Å².